The van der Waals surface area contributed by atoms with E-state index >= 15 is 0 Å². The highest BCUT2D eigenvalue weighted by molar-refractivity contribution is 6.32. The predicted molar refractivity (Wildman–Crippen MR) is 82.2 cm³/mol. The summed E-state index contributed by atoms with van der Waals surface area (Å²) >= 11 is 6.22. The van der Waals surface area contributed by atoms with Crippen molar-refractivity contribution < 1.29 is 9.53 Å². The van der Waals surface area contributed by atoms with Crippen LogP contribution in [0.15, 0.2) is 24.3 Å². The van der Waals surface area contributed by atoms with E-state index in [0.717, 1.165) is 11.3 Å². The number of halogens is 1. The van der Waals surface area contributed by atoms with Gasteiger partial charge in [-0.15, -0.1) is 0 Å². The summed E-state index contributed by atoms with van der Waals surface area (Å²) in [6.45, 7) is 2.52. The molecule has 1 heterocycles. The summed E-state index contributed by atoms with van der Waals surface area (Å²) in [5.41, 5.74) is 1.88. The Balaban J connectivity index is 2.05. The Labute approximate surface area is 124 Å². The number of benzene rings is 1. The minimum Gasteiger partial charge on any atom is -0.378 e. The molecule has 1 fully saturated rings. The largest absolute Gasteiger partial charge is 0.378 e. The minimum atomic E-state index is 0.000975. The standard InChI is InChI=1S/C15H19ClN2O2/c1-17(2)13-5-3-12(14(16)11-13)4-6-15(19)18-7-9-20-10-8-18/h3-6,11H,7-10H2,1-2H3/b6-4+. The molecule has 1 amide bonds. The highest BCUT2D eigenvalue weighted by Crippen LogP contribution is 2.23. The Morgan fingerprint density at radius 3 is 2.65 bits per heavy atom. The molecule has 1 aliphatic heterocycles. The van der Waals surface area contributed by atoms with Crippen molar-refractivity contribution in [2.45, 2.75) is 0 Å². The number of morpholine rings is 1. The molecule has 0 aliphatic carbocycles. The lowest BCUT2D eigenvalue weighted by atomic mass is 10.2. The number of carbonyl (C=O) groups excluding carboxylic acids is 1. The molecule has 0 N–H and O–H groups in total. The minimum absolute atomic E-state index is 0.000975. The third-order valence-corrected chi connectivity index (χ3v) is 3.56. The number of hydrogen-bond acceptors (Lipinski definition) is 3. The lowest BCUT2D eigenvalue weighted by Gasteiger charge is -2.25. The Hall–Kier alpha value is -1.52. The molecule has 1 aromatic carbocycles. The van der Waals surface area contributed by atoms with Crippen molar-refractivity contribution in [3.63, 3.8) is 0 Å². The first-order chi connectivity index (χ1) is 9.58. The van der Waals surface area contributed by atoms with Crippen molar-refractivity contribution in [1.29, 1.82) is 0 Å². The van der Waals surface area contributed by atoms with Gasteiger partial charge >= 0.3 is 0 Å². The summed E-state index contributed by atoms with van der Waals surface area (Å²) < 4.78 is 5.22. The fourth-order valence-electron chi connectivity index (χ4n) is 1.98. The first-order valence-electron chi connectivity index (χ1n) is 6.59. The SMILES string of the molecule is CN(C)c1ccc(/C=C/C(=O)N2CCOCC2)c(Cl)c1. The highest BCUT2D eigenvalue weighted by atomic mass is 35.5. The van der Waals surface area contributed by atoms with Crippen LogP contribution in [0.5, 0.6) is 0 Å². The van der Waals surface area contributed by atoms with Crippen LogP contribution in [-0.2, 0) is 9.53 Å². The maximum atomic E-state index is 12.0. The lowest BCUT2D eigenvalue weighted by molar-refractivity contribution is -0.129. The van der Waals surface area contributed by atoms with Crippen LogP contribution in [0.2, 0.25) is 5.02 Å². The number of amides is 1. The number of ether oxygens (including phenoxy) is 1. The van der Waals surface area contributed by atoms with Gasteiger partial charge in [0.25, 0.3) is 0 Å². The van der Waals surface area contributed by atoms with Crippen molar-refractivity contribution in [3.05, 3.63) is 34.9 Å². The molecule has 20 heavy (non-hydrogen) atoms. The van der Waals surface area contributed by atoms with E-state index < -0.39 is 0 Å². The maximum Gasteiger partial charge on any atom is 0.246 e. The molecule has 0 bridgehead atoms. The molecule has 0 atom stereocenters. The second-order valence-electron chi connectivity index (χ2n) is 4.87. The van der Waals surface area contributed by atoms with Gasteiger partial charge in [0.05, 0.1) is 13.2 Å². The summed E-state index contributed by atoms with van der Waals surface area (Å²) in [6.07, 6.45) is 3.33. The second kappa shape index (κ2) is 6.77. The van der Waals surface area contributed by atoms with E-state index in [1.807, 2.05) is 37.2 Å². The zero-order valence-electron chi connectivity index (χ0n) is 11.8. The van der Waals surface area contributed by atoms with Crippen LogP contribution in [0, 0.1) is 0 Å². The number of hydrogen-bond donors (Lipinski definition) is 0. The van der Waals surface area contributed by atoms with Crippen LogP contribution in [0.4, 0.5) is 5.69 Å². The summed E-state index contributed by atoms with van der Waals surface area (Å²) in [4.78, 5) is 15.8. The molecule has 0 radical (unpaired) electrons. The molecule has 1 aromatic rings. The Morgan fingerprint density at radius 1 is 1.35 bits per heavy atom. The second-order valence-corrected chi connectivity index (χ2v) is 5.28. The zero-order chi connectivity index (χ0) is 14.5. The fraction of sp³-hybridized carbons (Fsp3) is 0.400. The van der Waals surface area contributed by atoms with Crippen molar-refractivity contribution in [2.24, 2.45) is 0 Å². The van der Waals surface area contributed by atoms with Crippen molar-refractivity contribution in [1.82, 2.24) is 4.90 Å². The molecule has 0 unspecified atom stereocenters. The predicted octanol–water partition coefficient (Wildman–Crippen LogP) is 2.28. The van der Waals surface area contributed by atoms with Crippen LogP contribution in [-0.4, -0.2) is 51.2 Å². The van der Waals surface area contributed by atoms with E-state index in [4.69, 9.17) is 16.3 Å². The summed E-state index contributed by atoms with van der Waals surface area (Å²) in [5.74, 6) is 0.000975. The van der Waals surface area contributed by atoms with E-state index in [9.17, 15) is 4.79 Å². The van der Waals surface area contributed by atoms with Gasteiger partial charge in [-0.2, -0.15) is 0 Å². The van der Waals surface area contributed by atoms with E-state index in [1.165, 1.54) is 0 Å². The molecule has 1 aliphatic rings. The van der Waals surface area contributed by atoms with Gasteiger partial charge in [0, 0.05) is 44.0 Å². The molecular weight excluding hydrogens is 276 g/mol. The van der Waals surface area contributed by atoms with Gasteiger partial charge in [0.15, 0.2) is 0 Å². The van der Waals surface area contributed by atoms with Crippen molar-refractivity contribution >= 4 is 29.3 Å². The van der Waals surface area contributed by atoms with Crippen LogP contribution >= 0.6 is 11.6 Å². The molecule has 0 spiro atoms. The molecule has 0 aromatic heterocycles. The van der Waals surface area contributed by atoms with Crippen LogP contribution in [0.1, 0.15) is 5.56 Å². The number of carbonyl (C=O) groups is 1. The molecule has 108 valence electrons. The van der Waals surface area contributed by atoms with Gasteiger partial charge in [-0.05, 0) is 23.8 Å². The van der Waals surface area contributed by atoms with Gasteiger partial charge in [-0.1, -0.05) is 17.7 Å². The third-order valence-electron chi connectivity index (χ3n) is 3.23. The summed E-state index contributed by atoms with van der Waals surface area (Å²) in [7, 11) is 3.92. The topological polar surface area (TPSA) is 32.8 Å². The number of rotatable bonds is 3. The van der Waals surface area contributed by atoms with E-state index in [2.05, 4.69) is 0 Å². The van der Waals surface area contributed by atoms with E-state index in [1.54, 1.807) is 17.1 Å². The van der Waals surface area contributed by atoms with Crippen LogP contribution < -0.4 is 4.90 Å². The summed E-state index contributed by atoms with van der Waals surface area (Å²) in [6, 6.07) is 5.78. The molecule has 1 saturated heterocycles. The Bertz CT molecular complexity index is 509. The molecule has 5 heteroatoms. The average molecular weight is 295 g/mol. The number of anilines is 1. The quantitative estimate of drug-likeness (QED) is 0.802. The normalized spacial score (nSPS) is 15.7. The zero-order valence-corrected chi connectivity index (χ0v) is 12.6. The lowest BCUT2D eigenvalue weighted by Crippen LogP contribution is -2.39. The van der Waals surface area contributed by atoms with Gasteiger partial charge in [-0.3, -0.25) is 4.79 Å². The fourth-order valence-corrected chi connectivity index (χ4v) is 2.22. The third kappa shape index (κ3) is 3.74. The first kappa shape index (κ1) is 14.9. The smallest absolute Gasteiger partial charge is 0.246 e. The monoisotopic (exact) mass is 294 g/mol. The Morgan fingerprint density at radius 2 is 2.05 bits per heavy atom. The van der Waals surface area contributed by atoms with Crippen LogP contribution in [0.25, 0.3) is 6.08 Å². The van der Waals surface area contributed by atoms with Gasteiger partial charge in [-0.25, -0.2) is 0 Å². The highest BCUT2D eigenvalue weighted by Gasteiger charge is 2.14. The number of nitrogens with zero attached hydrogens (tertiary/aromatic N) is 2. The maximum absolute atomic E-state index is 12.0. The summed E-state index contributed by atoms with van der Waals surface area (Å²) in [5, 5.41) is 0.641. The van der Waals surface area contributed by atoms with E-state index in [0.29, 0.717) is 31.3 Å². The van der Waals surface area contributed by atoms with E-state index in [-0.39, 0.29) is 5.91 Å². The first-order valence-corrected chi connectivity index (χ1v) is 6.97. The molecular formula is C15H19ClN2O2. The van der Waals surface area contributed by atoms with Crippen molar-refractivity contribution in [3.8, 4) is 0 Å². The van der Waals surface area contributed by atoms with Gasteiger partial charge in [0.1, 0.15) is 0 Å². The molecule has 2 rings (SSSR count). The van der Waals surface area contributed by atoms with Gasteiger partial charge < -0.3 is 14.5 Å². The Kier molecular flexibility index (Phi) is 5.04. The van der Waals surface area contributed by atoms with Crippen molar-refractivity contribution in [2.75, 3.05) is 45.3 Å². The van der Waals surface area contributed by atoms with Crippen LogP contribution in [0.3, 0.4) is 0 Å². The molecule has 4 nitrogen and oxygen atoms in total. The average Bonchev–Trinajstić information content (AvgIpc) is 2.46. The van der Waals surface area contributed by atoms with Gasteiger partial charge in [0.2, 0.25) is 5.91 Å². The molecule has 0 saturated carbocycles.